The summed E-state index contributed by atoms with van der Waals surface area (Å²) in [6.07, 6.45) is 2.63. The SMILES string of the molecule is C[C@H]1[C@@H](CSc2ncccn2)O[C@@H](c2ccc(-c3cccc(CNC(=O)c4ccccc4)c3)cc2)O[C@H]1c1ccc(CO)cc1. The fourth-order valence-electron chi connectivity index (χ4n) is 5.39. The molecule has 45 heavy (non-hydrogen) atoms. The van der Waals surface area contributed by atoms with Crippen molar-refractivity contribution in [3.63, 3.8) is 0 Å². The predicted octanol–water partition coefficient (Wildman–Crippen LogP) is 7.15. The lowest BCUT2D eigenvalue weighted by atomic mass is 9.91. The van der Waals surface area contributed by atoms with Gasteiger partial charge in [-0.15, -0.1) is 0 Å². The van der Waals surface area contributed by atoms with Crippen LogP contribution in [-0.2, 0) is 22.6 Å². The first-order chi connectivity index (χ1) is 22.1. The molecule has 2 heterocycles. The van der Waals surface area contributed by atoms with E-state index in [-0.39, 0.29) is 30.6 Å². The molecule has 4 aromatic carbocycles. The number of nitrogens with one attached hydrogen (secondary N) is 1. The molecule has 5 aromatic rings. The number of benzene rings is 4. The summed E-state index contributed by atoms with van der Waals surface area (Å²) in [6, 6.07) is 35.4. The van der Waals surface area contributed by atoms with Gasteiger partial charge in [-0.05, 0) is 52.1 Å². The zero-order valence-corrected chi connectivity index (χ0v) is 25.8. The maximum Gasteiger partial charge on any atom is 0.251 e. The first kappa shape index (κ1) is 30.7. The minimum Gasteiger partial charge on any atom is -0.392 e. The zero-order valence-electron chi connectivity index (χ0n) is 25.0. The van der Waals surface area contributed by atoms with Gasteiger partial charge < -0.3 is 19.9 Å². The molecule has 0 unspecified atom stereocenters. The molecular formula is C37H35N3O4S. The summed E-state index contributed by atoms with van der Waals surface area (Å²) in [5, 5.41) is 13.2. The second-order valence-corrected chi connectivity index (χ2v) is 12.0. The molecule has 7 nitrogen and oxygen atoms in total. The molecule has 2 N–H and O–H groups in total. The Hall–Kier alpha value is -4.34. The molecule has 0 bridgehead atoms. The number of thioether (sulfide) groups is 1. The first-order valence-electron chi connectivity index (χ1n) is 15.0. The van der Waals surface area contributed by atoms with E-state index >= 15 is 0 Å². The molecule has 1 aromatic heterocycles. The van der Waals surface area contributed by atoms with Gasteiger partial charge in [0.05, 0.1) is 18.8 Å². The van der Waals surface area contributed by atoms with Crippen molar-refractivity contribution in [3.05, 3.63) is 149 Å². The van der Waals surface area contributed by atoms with Crippen LogP contribution >= 0.6 is 11.8 Å². The highest BCUT2D eigenvalue weighted by Gasteiger charge is 2.38. The number of amides is 1. The smallest absolute Gasteiger partial charge is 0.251 e. The number of aliphatic hydroxyl groups is 1. The van der Waals surface area contributed by atoms with Gasteiger partial charge in [0.2, 0.25) is 0 Å². The second-order valence-electron chi connectivity index (χ2n) is 11.0. The molecule has 0 spiro atoms. The van der Waals surface area contributed by atoms with Crippen molar-refractivity contribution in [3.8, 4) is 11.1 Å². The fraction of sp³-hybridized carbons (Fsp3) is 0.216. The molecule has 228 valence electrons. The van der Waals surface area contributed by atoms with Gasteiger partial charge in [-0.2, -0.15) is 0 Å². The van der Waals surface area contributed by atoms with Gasteiger partial charge in [-0.1, -0.05) is 104 Å². The van der Waals surface area contributed by atoms with Crippen LogP contribution in [0, 0.1) is 5.92 Å². The summed E-state index contributed by atoms with van der Waals surface area (Å²) in [7, 11) is 0. The molecule has 0 radical (unpaired) electrons. The lowest BCUT2D eigenvalue weighted by Crippen LogP contribution is -2.38. The number of carbonyl (C=O) groups excluding carboxylic acids is 1. The Morgan fingerprint density at radius 1 is 0.800 bits per heavy atom. The molecule has 1 fully saturated rings. The van der Waals surface area contributed by atoms with Crippen molar-refractivity contribution >= 4 is 17.7 Å². The Kier molecular flexibility index (Phi) is 9.97. The van der Waals surface area contributed by atoms with Gasteiger partial charge in [-0.3, -0.25) is 4.79 Å². The number of hydrogen-bond acceptors (Lipinski definition) is 7. The molecule has 0 aliphatic carbocycles. The Balaban J connectivity index is 1.18. The summed E-state index contributed by atoms with van der Waals surface area (Å²) in [6.45, 7) is 2.59. The average Bonchev–Trinajstić information content (AvgIpc) is 3.11. The highest BCUT2D eigenvalue weighted by Crippen LogP contribution is 2.43. The van der Waals surface area contributed by atoms with Crippen LogP contribution in [0.4, 0.5) is 0 Å². The molecule has 1 aliphatic heterocycles. The maximum absolute atomic E-state index is 12.5. The number of ether oxygens (including phenoxy) is 2. The van der Waals surface area contributed by atoms with E-state index in [0.717, 1.165) is 33.4 Å². The van der Waals surface area contributed by atoms with Crippen LogP contribution in [0.2, 0.25) is 0 Å². The number of hydrogen-bond donors (Lipinski definition) is 2. The number of rotatable bonds is 10. The number of carbonyl (C=O) groups is 1. The second kappa shape index (κ2) is 14.6. The summed E-state index contributed by atoms with van der Waals surface area (Å²) in [5.74, 6) is 0.659. The quantitative estimate of drug-likeness (QED) is 0.127. The third-order valence-corrected chi connectivity index (χ3v) is 8.94. The first-order valence-corrected chi connectivity index (χ1v) is 16.0. The summed E-state index contributed by atoms with van der Waals surface area (Å²) >= 11 is 1.57. The Bertz CT molecular complexity index is 1690. The van der Waals surface area contributed by atoms with Gasteiger partial charge in [-0.25, -0.2) is 9.97 Å². The summed E-state index contributed by atoms with van der Waals surface area (Å²) in [4.78, 5) is 21.2. The van der Waals surface area contributed by atoms with E-state index in [9.17, 15) is 9.90 Å². The van der Waals surface area contributed by atoms with E-state index in [1.165, 1.54) is 0 Å². The van der Waals surface area contributed by atoms with E-state index in [1.54, 1.807) is 24.2 Å². The van der Waals surface area contributed by atoms with E-state index < -0.39 is 6.29 Å². The minimum atomic E-state index is -0.556. The number of aromatic nitrogens is 2. The van der Waals surface area contributed by atoms with Crippen molar-refractivity contribution < 1.29 is 19.4 Å². The van der Waals surface area contributed by atoms with Crippen LogP contribution in [0.5, 0.6) is 0 Å². The topological polar surface area (TPSA) is 93.6 Å². The number of nitrogens with zero attached hydrogens (tertiary/aromatic N) is 2. The molecule has 6 rings (SSSR count). The Labute approximate surface area is 267 Å². The van der Waals surface area contributed by atoms with Crippen molar-refractivity contribution in [1.82, 2.24) is 15.3 Å². The van der Waals surface area contributed by atoms with Crippen LogP contribution in [0.25, 0.3) is 11.1 Å². The molecule has 0 saturated carbocycles. The van der Waals surface area contributed by atoms with Gasteiger partial charge in [0, 0.05) is 41.7 Å². The highest BCUT2D eigenvalue weighted by atomic mass is 32.2. The van der Waals surface area contributed by atoms with E-state index in [1.807, 2.05) is 72.8 Å². The van der Waals surface area contributed by atoms with Gasteiger partial charge >= 0.3 is 0 Å². The third-order valence-electron chi connectivity index (χ3n) is 7.97. The van der Waals surface area contributed by atoms with Crippen LogP contribution in [-0.4, -0.2) is 32.8 Å². The normalized spacial score (nSPS) is 19.6. The molecular weight excluding hydrogens is 582 g/mol. The monoisotopic (exact) mass is 617 g/mol. The standard InChI is InChI=1S/C37H35N3O4S/c1-25-33(24-45-37-38-19-6-20-39-37)43-36(44-34(25)29-13-11-26(23-41)12-14-29)31-17-15-28(16-18-31)32-10-5-7-27(21-32)22-40-35(42)30-8-3-2-4-9-30/h2-21,25,33-34,36,41H,22-24H2,1H3,(H,40,42)/t25-,33+,34+,36+/m0/s1. The van der Waals surface area contributed by atoms with Gasteiger partial charge in [0.15, 0.2) is 11.4 Å². The molecule has 4 atom stereocenters. The van der Waals surface area contributed by atoms with Gasteiger partial charge in [0.1, 0.15) is 0 Å². The van der Waals surface area contributed by atoms with Crippen LogP contribution in [0.15, 0.2) is 127 Å². The van der Waals surface area contributed by atoms with Crippen LogP contribution in [0.3, 0.4) is 0 Å². The maximum atomic E-state index is 12.5. The largest absolute Gasteiger partial charge is 0.392 e. The molecule has 1 saturated heterocycles. The van der Waals surface area contributed by atoms with E-state index in [4.69, 9.17) is 9.47 Å². The molecule has 8 heteroatoms. The van der Waals surface area contributed by atoms with Crippen LogP contribution in [0.1, 0.15) is 51.9 Å². The molecule has 1 amide bonds. The summed E-state index contributed by atoms with van der Waals surface area (Å²) in [5.41, 5.74) is 6.62. The minimum absolute atomic E-state index is 0.00101. The average molecular weight is 618 g/mol. The fourth-order valence-corrected chi connectivity index (χ4v) is 6.36. The van der Waals surface area contributed by atoms with Crippen molar-refractivity contribution in [2.45, 2.75) is 43.7 Å². The predicted molar refractivity (Wildman–Crippen MR) is 175 cm³/mol. The molecule has 1 aliphatic rings. The Morgan fingerprint density at radius 2 is 1.53 bits per heavy atom. The van der Waals surface area contributed by atoms with E-state index in [0.29, 0.717) is 23.0 Å². The van der Waals surface area contributed by atoms with Crippen molar-refractivity contribution in [1.29, 1.82) is 0 Å². The third kappa shape index (κ3) is 7.67. The Morgan fingerprint density at radius 3 is 2.27 bits per heavy atom. The number of aliphatic hydroxyl groups excluding tert-OH is 1. The highest BCUT2D eigenvalue weighted by molar-refractivity contribution is 7.99. The summed E-state index contributed by atoms with van der Waals surface area (Å²) < 4.78 is 13.2. The lowest BCUT2D eigenvalue weighted by Gasteiger charge is -2.41. The van der Waals surface area contributed by atoms with Crippen LogP contribution < -0.4 is 5.32 Å². The lowest BCUT2D eigenvalue weighted by molar-refractivity contribution is -0.268. The van der Waals surface area contributed by atoms with Crippen molar-refractivity contribution in [2.24, 2.45) is 5.92 Å². The zero-order chi connectivity index (χ0) is 31.0. The van der Waals surface area contributed by atoms with E-state index in [2.05, 4.69) is 58.6 Å². The van der Waals surface area contributed by atoms with Crippen molar-refractivity contribution in [2.75, 3.05) is 5.75 Å². The van der Waals surface area contributed by atoms with Gasteiger partial charge in [0.25, 0.3) is 5.91 Å².